The Balaban J connectivity index is 1.35. The lowest BCUT2D eigenvalue weighted by molar-refractivity contribution is -0.0467. The number of nitrogens with zero attached hydrogens (tertiary/aromatic N) is 3. The lowest BCUT2D eigenvalue weighted by Crippen LogP contribution is -2.50. The van der Waals surface area contributed by atoms with Crippen LogP contribution < -0.4 is 0 Å². The van der Waals surface area contributed by atoms with E-state index in [1.165, 1.54) is 12.7 Å². The van der Waals surface area contributed by atoms with Crippen molar-refractivity contribution in [2.24, 2.45) is 0 Å². The standard InChI is InChI=1S/C18H21N3O4/c22-17(16-11-23-13-20-16)21-6-2-4-18(12-21)7-15(10-25-18)24-9-14-3-1-5-19-8-14/h1,3,5,8,11,13,15H,2,4,6-7,9-10,12H2/t15-,18-/m0/s1. The molecule has 0 radical (unpaired) electrons. The van der Waals surface area contributed by atoms with Gasteiger partial charge in [0.15, 0.2) is 12.1 Å². The molecule has 2 atom stereocenters. The first kappa shape index (κ1) is 16.2. The second-order valence-corrected chi connectivity index (χ2v) is 6.70. The van der Waals surface area contributed by atoms with Crippen LogP contribution >= 0.6 is 0 Å². The Bertz CT molecular complexity index is 706. The summed E-state index contributed by atoms with van der Waals surface area (Å²) in [4.78, 5) is 22.4. The van der Waals surface area contributed by atoms with Gasteiger partial charge in [0.25, 0.3) is 5.91 Å². The summed E-state index contributed by atoms with van der Waals surface area (Å²) in [5.41, 5.74) is 1.09. The van der Waals surface area contributed by atoms with Crippen LogP contribution in [0.25, 0.3) is 0 Å². The Hall–Kier alpha value is -2.25. The summed E-state index contributed by atoms with van der Waals surface area (Å²) in [6.07, 6.45) is 8.93. The van der Waals surface area contributed by atoms with Crippen molar-refractivity contribution in [1.29, 1.82) is 0 Å². The van der Waals surface area contributed by atoms with Crippen molar-refractivity contribution in [2.45, 2.75) is 37.6 Å². The number of aromatic nitrogens is 2. The van der Waals surface area contributed by atoms with Gasteiger partial charge in [-0.2, -0.15) is 0 Å². The highest BCUT2D eigenvalue weighted by Gasteiger charge is 2.45. The molecular formula is C18H21N3O4. The van der Waals surface area contributed by atoms with Gasteiger partial charge in [-0.25, -0.2) is 4.98 Å². The first-order valence-corrected chi connectivity index (χ1v) is 8.56. The third-order valence-corrected chi connectivity index (χ3v) is 4.86. The lowest BCUT2D eigenvalue weighted by atomic mass is 9.89. The number of amides is 1. The minimum absolute atomic E-state index is 0.0438. The Kier molecular flexibility index (Phi) is 4.50. The number of hydrogen-bond acceptors (Lipinski definition) is 6. The molecule has 2 aromatic heterocycles. The minimum Gasteiger partial charge on any atom is -0.451 e. The molecule has 0 aliphatic carbocycles. The van der Waals surface area contributed by atoms with E-state index in [1.807, 2.05) is 23.2 Å². The van der Waals surface area contributed by atoms with Crippen LogP contribution in [0.4, 0.5) is 0 Å². The first-order chi connectivity index (χ1) is 12.2. The Morgan fingerprint density at radius 3 is 3.24 bits per heavy atom. The number of hydrogen-bond donors (Lipinski definition) is 0. The van der Waals surface area contributed by atoms with Crippen LogP contribution in [0.3, 0.4) is 0 Å². The van der Waals surface area contributed by atoms with Crippen LogP contribution in [0.15, 0.2) is 41.6 Å². The van der Waals surface area contributed by atoms with Crippen LogP contribution in [-0.4, -0.2) is 52.2 Å². The smallest absolute Gasteiger partial charge is 0.275 e. The van der Waals surface area contributed by atoms with Gasteiger partial charge in [0.1, 0.15) is 6.26 Å². The van der Waals surface area contributed by atoms with E-state index in [2.05, 4.69) is 9.97 Å². The van der Waals surface area contributed by atoms with Crippen molar-refractivity contribution in [3.8, 4) is 0 Å². The highest BCUT2D eigenvalue weighted by atomic mass is 16.6. The number of pyridine rings is 1. The topological polar surface area (TPSA) is 77.7 Å². The minimum atomic E-state index is -0.308. The van der Waals surface area contributed by atoms with Gasteiger partial charge in [-0.1, -0.05) is 6.07 Å². The van der Waals surface area contributed by atoms with Crippen LogP contribution in [0, 0.1) is 0 Å². The van der Waals surface area contributed by atoms with Crippen molar-refractivity contribution in [3.05, 3.63) is 48.4 Å². The summed E-state index contributed by atoms with van der Waals surface area (Å²) >= 11 is 0. The van der Waals surface area contributed by atoms with Gasteiger partial charge in [-0.05, 0) is 24.5 Å². The van der Waals surface area contributed by atoms with E-state index in [0.717, 1.165) is 31.4 Å². The van der Waals surface area contributed by atoms with Crippen LogP contribution in [0.2, 0.25) is 0 Å². The van der Waals surface area contributed by atoms with Gasteiger partial charge in [-0.3, -0.25) is 9.78 Å². The summed E-state index contributed by atoms with van der Waals surface area (Å²) in [6, 6.07) is 3.90. The monoisotopic (exact) mass is 343 g/mol. The molecule has 4 heterocycles. The molecule has 2 fully saturated rings. The van der Waals surface area contributed by atoms with E-state index in [1.54, 1.807) is 6.20 Å². The average molecular weight is 343 g/mol. The molecule has 7 nitrogen and oxygen atoms in total. The maximum Gasteiger partial charge on any atom is 0.275 e. The molecule has 4 rings (SSSR count). The Labute approximate surface area is 146 Å². The first-order valence-electron chi connectivity index (χ1n) is 8.56. The summed E-state index contributed by atoms with van der Waals surface area (Å²) in [7, 11) is 0. The van der Waals surface area contributed by atoms with Crippen LogP contribution in [0.5, 0.6) is 0 Å². The SMILES string of the molecule is O=C(c1cocn1)N1CCC[C@]2(C[C@H](OCc3cccnc3)CO2)C1. The molecule has 25 heavy (non-hydrogen) atoms. The highest BCUT2D eigenvalue weighted by molar-refractivity contribution is 5.92. The fourth-order valence-corrected chi connectivity index (χ4v) is 3.64. The number of rotatable bonds is 4. The molecule has 2 aromatic rings. The molecule has 0 aromatic carbocycles. The Morgan fingerprint density at radius 1 is 1.48 bits per heavy atom. The molecule has 0 saturated carbocycles. The summed E-state index contributed by atoms with van der Waals surface area (Å²) in [5, 5.41) is 0. The van der Waals surface area contributed by atoms with Gasteiger partial charge in [-0.15, -0.1) is 0 Å². The second kappa shape index (κ2) is 6.93. The number of piperidine rings is 1. The normalized spacial score (nSPS) is 26.2. The van der Waals surface area contributed by atoms with Crippen molar-refractivity contribution in [1.82, 2.24) is 14.9 Å². The van der Waals surface area contributed by atoms with E-state index in [0.29, 0.717) is 25.5 Å². The second-order valence-electron chi connectivity index (χ2n) is 6.70. The zero-order chi connectivity index (χ0) is 17.1. The Morgan fingerprint density at radius 2 is 2.44 bits per heavy atom. The molecule has 1 amide bonds. The number of carbonyl (C=O) groups is 1. The summed E-state index contributed by atoms with van der Waals surface area (Å²) in [6.45, 7) is 2.38. The van der Waals surface area contributed by atoms with E-state index >= 15 is 0 Å². The predicted molar refractivity (Wildman–Crippen MR) is 87.8 cm³/mol. The third-order valence-electron chi connectivity index (χ3n) is 4.86. The number of likely N-dealkylation sites (tertiary alicyclic amines) is 1. The molecule has 1 spiro atoms. The maximum absolute atomic E-state index is 12.5. The van der Waals surface area contributed by atoms with E-state index in [4.69, 9.17) is 13.9 Å². The number of ether oxygens (including phenoxy) is 2. The summed E-state index contributed by atoms with van der Waals surface area (Å²) in [5.74, 6) is -0.101. The average Bonchev–Trinajstić information content (AvgIpc) is 3.31. The van der Waals surface area contributed by atoms with Crippen molar-refractivity contribution in [2.75, 3.05) is 19.7 Å². The van der Waals surface area contributed by atoms with Crippen molar-refractivity contribution < 1.29 is 18.7 Å². The van der Waals surface area contributed by atoms with Crippen LogP contribution in [0.1, 0.15) is 35.3 Å². The molecule has 132 valence electrons. The molecule has 0 bridgehead atoms. The zero-order valence-electron chi connectivity index (χ0n) is 14.0. The van der Waals surface area contributed by atoms with E-state index < -0.39 is 0 Å². The third kappa shape index (κ3) is 3.57. The molecule has 2 aliphatic rings. The summed E-state index contributed by atoms with van der Waals surface area (Å²) < 4.78 is 17.0. The fourth-order valence-electron chi connectivity index (χ4n) is 3.64. The van der Waals surface area contributed by atoms with Gasteiger partial charge in [0.2, 0.25) is 0 Å². The zero-order valence-corrected chi connectivity index (χ0v) is 14.0. The number of carbonyl (C=O) groups excluding carboxylic acids is 1. The van der Waals surface area contributed by atoms with E-state index in [9.17, 15) is 4.79 Å². The predicted octanol–water partition coefficient (Wildman–Crippen LogP) is 2.05. The van der Waals surface area contributed by atoms with Gasteiger partial charge in [0, 0.05) is 25.4 Å². The molecule has 2 saturated heterocycles. The quantitative estimate of drug-likeness (QED) is 0.845. The molecular weight excluding hydrogens is 322 g/mol. The molecule has 0 unspecified atom stereocenters. The molecule has 2 aliphatic heterocycles. The van der Waals surface area contributed by atoms with Crippen molar-refractivity contribution in [3.63, 3.8) is 0 Å². The largest absolute Gasteiger partial charge is 0.451 e. The van der Waals surface area contributed by atoms with Crippen molar-refractivity contribution >= 4 is 5.91 Å². The van der Waals surface area contributed by atoms with Gasteiger partial charge in [0.05, 0.1) is 31.5 Å². The lowest BCUT2D eigenvalue weighted by Gasteiger charge is -2.39. The van der Waals surface area contributed by atoms with Gasteiger partial charge >= 0.3 is 0 Å². The fraction of sp³-hybridized carbons (Fsp3) is 0.500. The highest BCUT2D eigenvalue weighted by Crippen LogP contribution is 2.36. The number of oxazole rings is 1. The van der Waals surface area contributed by atoms with Crippen LogP contribution in [-0.2, 0) is 16.1 Å². The maximum atomic E-state index is 12.5. The van der Waals surface area contributed by atoms with E-state index in [-0.39, 0.29) is 17.6 Å². The van der Waals surface area contributed by atoms with Gasteiger partial charge < -0.3 is 18.8 Å². The molecule has 0 N–H and O–H groups in total. The molecule has 7 heteroatoms.